The molecule has 0 radical (unpaired) electrons. The summed E-state index contributed by atoms with van der Waals surface area (Å²) in [5, 5.41) is 9.78. The molecule has 0 aliphatic heterocycles. The van der Waals surface area contributed by atoms with Crippen molar-refractivity contribution in [2.75, 3.05) is 7.05 Å². The standard InChI is InChI=1S/C11H15N3S2/c1-7-13-9(5-15-7)4-10(12-3)11-6-16-8(2)14-11/h5-6,10,12H,4H2,1-3H3. The summed E-state index contributed by atoms with van der Waals surface area (Å²) in [5.74, 6) is 0. The van der Waals surface area contributed by atoms with Crippen molar-refractivity contribution in [2.24, 2.45) is 0 Å². The van der Waals surface area contributed by atoms with Gasteiger partial charge in [-0.25, -0.2) is 9.97 Å². The molecule has 0 spiro atoms. The zero-order valence-electron chi connectivity index (χ0n) is 9.65. The summed E-state index contributed by atoms with van der Waals surface area (Å²) in [4.78, 5) is 9.00. The highest BCUT2D eigenvalue weighted by molar-refractivity contribution is 7.09. The van der Waals surface area contributed by atoms with E-state index in [0.717, 1.165) is 27.8 Å². The molecule has 0 saturated heterocycles. The van der Waals surface area contributed by atoms with Gasteiger partial charge < -0.3 is 5.32 Å². The number of aryl methyl sites for hydroxylation is 2. The lowest BCUT2D eigenvalue weighted by molar-refractivity contribution is 0.572. The summed E-state index contributed by atoms with van der Waals surface area (Å²) in [6.45, 7) is 4.07. The van der Waals surface area contributed by atoms with Crippen LogP contribution in [0.4, 0.5) is 0 Å². The highest BCUT2D eigenvalue weighted by Gasteiger charge is 2.14. The van der Waals surface area contributed by atoms with Gasteiger partial charge in [0, 0.05) is 17.2 Å². The molecular weight excluding hydrogens is 238 g/mol. The van der Waals surface area contributed by atoms with E-state index in [9.17, 15) is 0 Å². The molecule has 2 rings (SSSR count). The molecule has 0 bridgehead atoms. The van der Waals surface area contributed by atoms with Gasteiger partial charge in [-0.05, 0) is 20.9 Å². The van der Waals surface area contributed by atoms with E-state index >= 15 is 0 Å². The van der Waals surface area contributed by atoms with Crippen molar-refractivity contribution in [3.05, 3.63) is 32.2 Å². The molecule has 0 fully saturated rings. The Bertz CT molecular complexity index is 461. The molecule has 0 aliphatic carbocycles. The number of nitrogens with one attached hydrogen (secondary N) is 1. The quantitative estimate of drug-likeness (QED) is 0.910. The van der Waals surface area contributed by atoms with Crippen molar-refractivity contribution in [3.8, 4) is 0 Å². The lowest BCUT2D eigenvalue weighted by Crippen LogP contribution is -2.19. The molecule has 1 N–H and O–H groups in total. The van der Waals surface area contributed by atoms with E-state index in [-0.39, 0.29) is 6.04 Å². The summed E-state index contributed by atoms with van der Waals surface area (Å²) in [5.41, 5.74) is 2.27. The van der Waals surface area contributed by atoms with E-state index in [2.05, 4.69) is 26.0 Å². The zero-order valence-corrected chi connectivity index (χ0v) is 11.3. The second-order valence-electron chi connectivity index (χ2n) is 3.69. The van der Waals surface area contributed by atoms with Crippen molar-refractivity contribution >= 4 is 22.7 Å². The largest absolute Gasteiger partial charge is 0.311 e. The number of hydrogen-bond acceptors (Lipinski definition) is 5. The van der Waals surface area contributed by atoms with Gasteiger partial charge in [-0.1, -0.05) is 0 Å². The van der Waals surface area contributed by atoms with Crippen molar-refractivity contribution in [2.45, 2.75) is 26.3 Å². The van der Waals surface area contributed by atoms with Crippen LogP contribution in [0.2, 0.25) is 0 Å². The van der Waals surface area contributed by atoms with E-state index in [1.54, 1.807) is 22.7 Å². The predicted molar refractivity (Wildman–Crippen MR) is 69.2 cm³/mol. The van der Waals surface area contributed by atoms with E-state index in [4.69, 9.17) is 0 Å². The van der Waals surface area contributed by atoms with Crippen LogP contribution in [0.3, 0.4) is 0 Å². The Labute approximate surface area is 104 Å². The number of aromatic nitrogens is 2. The molecule has 0 aliphatic rings. The molecule has 5 heteroatoms. The molecule has 1 unspecified atom stereocenters. The number of hydrogen-bond donors (Lipinski definition) is 1. The topological polar surface area (TPSA) is 37.8 Å². The first-order valence-corrected chi connectivity index (χ1v) is 6.95. The molecule has 1 atom stereocenters. The van der Waals surface area contributed by atoms with Crippen LogP contribution in [0.5, 0.6) is 0 Å². The molecule has 2 aromatic heterocycles. The van der Waals surface area contributed by atoms with Crippen LogP contribution < -0.4 is 5.32 Å². The van der Waals surface area contributed by atoms with Gasteiger partial charge in [0.25, 0.3) is 0 Å². The maximum absolute atomic E-state index is 4.52. The highest BCUT2D eigenvalue weighted by Crippen LogP contribution is 2.20. The molecule has 0 amide bonds. The minimum atomic E-state index is 0.270. The molecule has 2 heterocycles. The fourth-order valence-corrected chi connectivity index (χ4v) is 2.90. The van der Waals surface area contributed by atoms with Gasteiger partial charge in [0.15, 0.2) is 0 Å². The van der Waals surface area contributed by atoms with Crippen molar-refractivity contribution in [1.29, 1.82) is 0 Å². The Morgan fingerprint density at radius 1 is 1.19 bits per heavy atom. The van der Waals surface area contributed by atoms with Gasteiger partial charge in [-0.3, -0.25) is 0 Å². The van der Waals surface area contributed by atoms with Crippen molar-refractivity contribution < 1.29 is 0 Å². The summed E-state index contributed by atoms with van der Waals surface area (Å²) in [6.07, 6.45) is 0.907. The van der Waals surface area contributed by atoms with Crippen molar-refractivity contribution in [1.82, 2.24) is 15.3 Å². The van der Waals surface area contributed by atoms with E-state index in [0.29, 0.717) is 0 Å². The maximum Gasteiger partial charge on any atom is 0.0898 e. The number of rotatable bonds is 4. The van der Waals surface area contributed by atoms with Crippen LogP contribution in [0.25, 0.3) is 0 Å². The van der Waals surface area contributed by atoms with Gasteiger partial charge in [-0.15, -0.1) is 22.7 Å². The lowest BCUT2D eigenvalue weighted by atomic mass is 10.1. The smallest absolute Gasteiger partial charge is 0.0898 e. The zero-order chi connectivity index (χ0) is 11.5. The predicted octanol–water partition coefficient (Wildman–Crippen LogP) is 2.72. The van der Waals surface area contributed by atoms with Crippen LogP contribution in [0.15, 0.2) is 10.8 Å². The number of thiazole rings is 2. The summed E-state index contributed by atoms with van der Waals surface area (Å²) < 4.78 is 0. The molecule has 2 aromatic rings. The monoisotopic (exact) mass is 253 g/mol. The van der Waals surface area contributed by atoms with Crippen LogP contribution >= 0.6 is 22.7 Å². The Hall–Kier alpha value is -0.780. The van der Waals surface area contributed by atoms with E-state index in [1.807, 2.05) is 20.9 Å². The third-order valence-electron chi connectivity index (χ3n) is 2.42. The van der Waals surface area contributed by atoms with Crippen LogP contribution in [0, 0.1) is 13.8 Å². The first-order chi connectivity index (χ1) is 7.69. The third kappa shape index (κ3) is 2.66. The molecule has 16 heavy (non-hydrogen) atoms. The van der Waals surface area contributed by atoms with E-state index in [1.165, 1.54) is 0 Å². The SMILES string of the molecule is CNC(Cc1csc(C)n1)c1csc(C)n1. The second kappa shape index (κ2) is 5.03. The summed E-state index contributed by atoms with van der Waals surface area (Å²) >= 11 is 3.40. The van der Waals surface area contributed by atoms with Crippen molar-refractivity contribution in [3.63, 3.8) is 0 Å². The van der Waals surface area contributed by atoms with Gasteiger partial charge in [0.05, 0.1) is 27.4 Å². The van der Waals surface area contributed by atoms with E-state index < -0.39 is 0 Å². The Kier molecular flexibility index (Phi) is 3.68. The number of nitrogens with zero attached hydrogens (tertiary/aromatic N) is 2. The Morgan fingerprint density at radius 2 is 1.88 bits per heavy atom. The lowest BCUT2D eigenvalue weighted by Gasteiger charge is -2.11. The molecule has 0 aromatic carbocycles. The number of likely N-dealkylation sites (N-methyl/N-ethyl adjacent to an activating group) is 1. The molecule has 0 saturated carbocycles. The normalized spacial score (nSPS) is 12.9. The third-order valence-corrected chi connectivity index (χ3v) is 4.04. The first-order valence-electron chi connectivity index (χ1n) is 5.19. The fourth-order valence-electron chi connectivity index (χ4n) is 1.61. The minimum Gasteiger partial charge on any atom is -0.311 e. The highest BCUT2D eigenvalue weighted by atomic mass is 32.1. The van der Waals surface area contributed by atoms with Gasteiger partial charge >= 0.3 is 0 Å². The fraction of sp³-hybridized carbons (Fsp3) is 0.455. The summed E-state index contributed by atoms with van der Waals surface area (Å²) in [7, 11) is 1.97. The first kappa shape index (κ1) is 11.7. The minimum absolute atomic E-state index is 0.270. The van der Waals surface area contributed by atoms with Gasteiger partial charge in [-0.2, -0.15) is 0 Å². The maximum atomic E-state index is 4.52. The van der Waals surface area contributed by atoms with Crippen LogP contribution in [-0.4, -0.2) is 17.0 Å². The Morgan fingerprint density at radius 3 is 2.38 bits per heavy atom. The second-order valence-corrected chi connectivity index (χ2v) is 5.82. The Balaban J connectivity index is 2.12. The van der Waals surface area contributed by atoms with Gasteiger partial charge in [0.2, 0.25) is 0 Å². The average Bonchev–Trinajstić information content (AvgIpc) is 2.84. The average molecular weight is 253 g/mol. The van der Waals surface area contributed by atoms with Crippen LogP contribution in [-0.2, 0) is 6.42 Å². The molecule has 86 valence electrons. The summed E-state index contributed by atoms with van der Waals surface area (Å²) in [6, 6.07) is 0.270. The molecule has 3 nitrogen and oxygen atoms in total. The molecular formula is C11H15N3S2. The van der Waals surface area contributed by atoms with Crippen LogP contribution in [0.1, 0.15) is 27.4 Å². The van der Waals surface area contributed by atoms with Gasteiger partial charge in [0.1, 0.15) is 0 Å².